The van der Waals surface area contributed by atoms with Gasteiger partial charge in [0, 0.05) is 17.5 Å². The van der Waals surface area contributed by atoms with Gasteiger partial charge < -0.3 is 15.7 Å². The summed E-state index contributed by atoms with van der Waals surface area (Å²) in [5, 5.41) is 18.1. The van der Waals surface area contributed by atoms with Crippen molar-refractivity contribution in [1.82, 2.24) is 5.32 Å². The van der Waals surface area contributed by atoms with Crippen molar-refractivity contribution < 1.29 is 9.90 Å². The molecule has 0 spiro atoms. The highest BCUT2D eigenvalue weighted by Crippen LogP contribution is 2.12. The van der Waals surface area contributed by atoms with Crippen molar-refractivity contribution in [3.63, 3.8) is 0 Å². The van der Waals surface area contributed by atoms with Crippen molar-refractivity contribution in [2.45, 2.75) is 25.8 Å². The van der Waals surface area contributed by atoms with E-state index in [-0.39, 0.29) is 12.6 Å². The first kappa shape index (κ1) is 12.0. The van der Waals surface area contributed by atoms with Gasteiger partial charge in [-0.3, -0.25) is 0 Å². The van der Waals surface area contributed by atoms with E-state index in [1.54, 1.807) is 0 Å². The van der Waals surface area contributed by atoms with Crippen LogP contribution in [0.5, 0.6) is 0 Å². The van der Waals surface area contributed by atoms with Crippen LogP contribution in [0.3, 0.4) is 0 Å². The van der Waals surface area contributed by atoms with E-state index in [4.69, 9.17) is 5.11 Å². The quantitative estimate of drug-likeness (QED) is 0.738. The van der Waals surface area contributed by atoms with Gasteiger partial charge in [0.25, 0.3) is 0 Å². The molecule has 0 saturated carbocycles. The molecule has 0 aromatic carbocycles. The molecule has 0 bridgehead atoms. The predicted molar refractivity (Wildman–Crippen MR) is 62.3 cm³/mol. The van der Waals surface area contributed by atoms with Crippen LogP contribution in [0.25, 0.3) is 0 Å². The number of aliphatic hydroxyl groups excluding tert-OH is 1. The first-order valence-electron chi connectivity index (χ1n) is 4.76. The van der Waals surface area contributed by atoms with Crippen LogP contribution in [0.4, 0.5) is 10.5 Å². The molecule has 1 heterocycles. The Kier molecular flexibility index (Phi) is 4.11. The maximum atomic E-state index is 11.5. The Bertz CT molecular complexity index is 309. The largest absolute Gasteiger partial charge is 0.396 e. The van der Waals surface area contributed by atoms with Crippen LogP contribution >= 0.6 is 11.3 Å². The second kappa shape index (κ2) is 5.14. The third kappa shape index (κ3) is 4.31. The average Bonchev–Trinajstić information content (AvgIpc) is 2.54. The maximum absolute atomic E-state index is 11.5. The van der Waals surface area contributed by atoms with Gasteiger partial charge >= 0.3 is 6.03 Å². The SMILES string of the molecule is CC(C)(CCO)NC(=O)Nc1ccsc1. The zero-order valence-corrected chi connectivity index (χ0v) is 9.73. The molecule has 0 aliphatic heterocycles. The molecule has 0 fully saturated rings. The molecule has 0 radical (unpaired) electrons. The average molecular weight is 228 g/mol. The molecule has 0 aliphatic carbocycles. The van der Waals surface area contributed by atoms with Gasteiger partial charge in [-0.1, -0.05) is 0 Å². The molecule has 15 heavy (non-hydrogen) atoms. The Balaban J connectivity index is 2.42. The van der Waals surface area contributed by atoms with E-state index in [2.05, 4.69) is 10.6 Å². The molecule has 1 aromatic heterocycles. The molecule has 0 atom stereocenters. The van der Waals surface area contributed by atoms with Crippen LogP contribution < -0.4 is 10.6 Å². The number of anilines is 1. The van der Waals surface area contributed by atoms with Crippen molar-refractivity contribution in [3.8, 4) is 0 Å². The molecular weight excluding hydrogens is 212 g/mol. The molecule has 84 valence electrons. The summed E-state index contributed by atoms with van der Waals surface area (Å²) in [6, 6.07) is 1.59. The van der Waals surface area contributed by atoms with Crippen molar-refractivity contribution in [3.05, 3.63) is 16.8 Å². The zero-order valence-electron chi connectivity index (χ0n) is 8.91. The van der Waals surface area contributed by atoms with E-state index in [0.29, 0.717) is 6.42 Å². The van der Waals surface area contributed by atoms with E-state index in [0.717, 1.165) is 5.69 Å². The molecule has 0 saturated heterocycles. The first-order chi connectivity index (χ1) is 7.03. The molecular formula is C10H16N2O2S. The molecule has 1 rings (SSSR count). The lowest BCUT2D eigenvalue weighted by Crippen LogP contribution is -2.46. The highest BCUT2D eigenvalue weighted by molar-refractivity contribution is 7.08. The number of rotatable bonds is 4. The van der Waals surface area contributed by atoms with Crippen molar-refractivity contribution >= 4 is 23.1 Å². The van der Waals surface area contributed by atoms with Gasteiger partial charge in [-0.25, -0.2) is 4.79 Å². The summed E-state index contributed by atoms with van der Waals surface area (Å²) in [7, 11) is 0. The van der Waals surface area contributed by atoms with Crippen molar-refractivity contribution in [2.24, 2.45) is 0 Å². The Hall–Kier alpha value is -1.07. The minimum Gasteiger partial charge on any atom is -0.396 e. The van der Waals surface area contributed by atoms with E-state index in [1.807, 2.05) is 30.7 Å². The molecule has 0 unspecified atom stereocenters. The summed E-state index contributed by atoms with van der Waals surface area (Å²) in [6.07, 6.45) is 0.532. The van der Waals surface area contributed by atoms with Crippen molar-refractivity contribution in [2.75, 3.05) is 11.9 Å². The molecule has 0 aliphatic rings. The highest BCUT2D eigenvalue weighted by atomic mass is 32.1. The van der Waals surface area contributed by atoms with Crippen LogP contribution in [0.15, 0.2) is 16.8 Å². The Morgan fingerprint density at radius 1 is 1.60 bits per heavy atom. The van der Waals surface area contributed by atoms with E-state index in [1.165, 1.54) is 11.3 Å². The number of urea groups is 1. The summed E-state index contributed by atoms with van der Waals surface area (Å²) < 4.78 is 0. The monoisotopic (exact) mass is 228 g/mol. The fourth-order valence-corrected chi connectivity index (χ4v) is 1.74. The number of nitrogens with one attached hydrogen (secondary N) is 2. The van der Waals surface area contributed by atoms with Crippen LogP contribution in [0, 0.1) is 0 Å². The van der Waals surface area contributed by atoms with E-state index >= 15 is 0 Å². The number of amides is 2. The number of carbonyl (C=O) groups is 1. The Morgan fingerprint density at radius 2 is 2.33 bits per heavy atom. The Labute approximate surface area is 93.3 Å². The van der Waals surface area contributed by atoms with Crippen molar-refractivity contribution in [1.29, 1.82) is 0 Å². The smallest absolute Gasteiger partial charge is 0.319 e. The first-order valence-corrected chi connectivity index (χ1v) is 5.70. The minimum atomic E-state index is -0.394. The molecule has 5 heteroatoms. The zero-order chi connectivity index (χ0) is 11.3. The Morgan fingerprint density at radius 3 is 2.87 bits per heavy atom. The van der Waals surface area contributed by atoms with Gasteiger partial charge in [-0.05, 0) is 31.7 Å². The van der Waals surface area contributed by atoms with Gasteiger partial charge in [-0.2, -0.15) is 11.3 Å². The number of aliphatic hydroxyl groups is 1. The van der Waals surface area contributed by atoms with Gasteiger partial charge in [0.1, 0.15) is 0 Å². The molecule has 1 aromatic rings. The number of carbonyl (C=O) groups excluding carboxylic acids is 1. The fraction of sp³-hybridized carbons (Fsp3) is 0.500. The lowest BCUT2D eigenvalue weighted by atomic mass is 10.0. The van der Waals surface area contributed by atoms with Gasteiger partial charge in [-0.15, -0.1) is 0 Å². The second-order valence-electron chi connectivity index (χ2n) is 3.95. The second-order valence-corrected chi connectivity index (χ2v) is 4.73. The van der Waals surface area contributed by atoms with E-state index < -0.39 is 5.54 Å². The number of hydrogen-bond donors (Lipinski definition) is 3. The normalized spacial score (nSPS) is 11.1. The summed E-state index contributed by atoms with van der Waals surface area (Å²) in [5.74, 6) is 0. The van der Waals surface area contributed by atoms with Gasteiger partial charge in [0.15, 0.2) is 0 Å². The third-order valence-electron chi connectivity index (χ3n) is 1.97. The van der Waals surface area contributed by atoms with Gasteiger partial charge in [0.2, 0.25) is 0 Å². The van der Waals surface area contributed by atoms with Gasteiger partial charge in [0.05, 0.1) is 5.69 Å². The topological polar surface area (TPSA) is 61.4 Å². The molecule has 3 N–H and O–H groups in total. The number of thiophene rings is 1. The van der Waals surface area contributed by atoms with Crippen LogP contribution in [0.1, 0.15) is 20.3 Å². The maximum Gasteiger partial charge on any atom is 0.319 e. The predicted octanol–water partition coefficient (Wildman–Crippen LogP) is 2.03. The minimum absolute atomic E-state index is 0.0612. The van der Waals surface area contributed by atoms with E-state index in [9.17, 15) is 4.79 Å². The third-order valence-corrected chi connectivity index (χ3v) is 2.65. The standard InChI is InChI=1S/C10H16N2O2S/c1-10(2,4-5-13)12-9(14)11-8-3-6-15-7-8/h3,6-7,13H,4-5H2,1-2H3,(H2,11,12,14). The summed E-state index contributed by atoms with van der Waals surface area (Å²) in [6.45, 7) is 3.80. The van der Waals surface area contributed by atoms with Crippen LogP contribution in [0.2, 0.25) is 0 Å². The lowest BCUT2D eigenvalue weighted by molar-refractivity contribution is 0.218. The molecule has 4 nitrogen and oxygen atoms in total. The summed E-state index contributed by atoms with van der Waals surface area (Å²) >= 11 is 1.53. The molecule has 2 amide bonds. The van der Waals surface area contributed by atoms with Crippen LogP contribution in [-0.2, 0) is 0 Å². The summed E-state index contributed by atoms with van der Waals surface area (Å²) in [5.41, 5.74) is 0.395. The lowest BCUT2D eigenvalue weighted by Gasteiger charge is -2.25. The van der Waals surface area contributed by atoms with Crippen LogP contribution in [-0.4, -0.2) is 23.3 Å². The highest BCUT2D eigenvalue weighted by Gasteiger charge is 2.19. The fourth-order valence-electron chi connectivity index (χ4n) is 1.15. The number of hydrogen-bond acceptors (Lipinski definition) is 3. The summed E-state index contributed by atoms with van der Waals surface area (Å²) in [4.78, 5) is 11.5.